The number of oxime groups is 1. The molecule has 0 radical (unpaired) electrons. The van der Waals surface area contributed by atoms with Gasteiger partial charge in [0.15, 0.2) is 5.82 Å². The molecule has 1 aliphatic heterocycles. The summed E-state index contributed by atoms with van der Waals surface area (Å²) in [6.07, 6.45) is -2.82. The highest BCUT2D eigenvalue weighted by Crippen LogP contribution is 2.49. The highest BCUT2D eigenvalue weighted by Gasteiger charge is 2.62. The third-order valence-electron chi connectivity index (χ3n) is 5.18. The van der Waals surface area contributed by atoms with Crippen molar-refractivity contribution in [1.29, 1.82) is 0 Å². The van der Waals surface area contributed by atoms with E-state index >= 15 is 0 Å². The molecule has 1 atom stereocenters. The Kier molecular flexibility index (Phi) is 6.46. The molecule has 12 heteroatoms. The van der Waals surface area contributed by atoms with E-state index < -0.39 is 24.1 Å². The molecule has 2 aromatic carbocycles. The van der Waals surface area contributed by atoms with Gasteiger partial charge in [-0.25, -0.2) is 9.97 Å². The molecule has 1 aromatic heterocycles. The predicted octanol–water partition coefficient (Wildman–Crippen LogP) is 6.58. The second kappa shape index (κ2) is 9.05. The van der Waals surface area contributed by atoms with Crippen molar-refractivity contribution in [2.45, 2.75) is 25.1 Å². The van der Waals surface area contributed by atoms with Crippen LogP contribution in [-0.2, 0) is 10.4 Å². The fourth-order valence-corrected chi connectivity index (χ4v) is 4.13. The highest BCUT2D eigenvalue weighted by molar-refractivity contribution is 6.34. The third-order valence-corrected chi connectivity index (χ3v) is 5.81. The van der Waals surface area contributed by atoms with Crippen LogP contribution in [0.25, 0.3) is 0 Å². The summed E-state index contributed by atoms with van der Waals surface area (Å²) in [6.45, 7) is 1.65. The number of halogens is 6. The van der Waals surface area contributed by atoms with Gasteiger partial charge in [-0.05, 0) is 48.4 Å². The maximum Gasteiger partial charge on any atom is 0.435 e. The topological polar surface area (TPSA) is 76.5 Å². The number of amides is 1. The highest BCUT2D eigenvalue weighted by atomic mass is 35.5. The lowest BCUT2D eigenvalue weighted by Gasteiger charge is -2.29. The summed E-state index contributed by atoms with van der Waals surface area (Å²) in [5, 5.41) is 6.57. The van der Waals surface area contributed by atoms with Crippen molar-refractivity contribution >= 4 is 52.2 Å². The van der Waals surface area contributed by atoms with E-state index in [9.17, 15) is 18.0 Å². The molecule has 34 heavy (non-hydrogen) atoms. The summed E-state index contributed by atoms with van der Waals surface area (Å²) >= 11 is 17.5. The molecule has 0 bridgehead atoms. The van der Waals surface area contributed by atoms with E-state index in [1.807, 2.05) is 0 Å². The summed E-state index contributed by atoms with van der Waals surface area (Å²) in [7, 11) is 0. The van der Waals surface area contributed by atoms with Gasteiger partial charge in [0.2, 0.25) is 0 Å². The first-order valence-electron chi connectivity index (χ1n) is 9.67. The van der Waals surface area contributed by atoms with Crippen LogP contribution < -0.4 is 5.32 Å². The van der Waals surface area contributed by atoms with E-state index in [4.69, 9.17) is 39.6 Å². The smallest absolute Gasteiger partial charge is 0.374 e. The summed E-state index contributed by atoms with van der Waals surface area (Å²) < 4.78 is 42.5. The SMILES string of the molecule is Cc1cc(C2=NOC(c3cc(Cl)cc(Cl)c3)(C(F)(F)F)C2)ccc1C(=O)Nc1cnc(Cl)cn1. The van der Waals surface area contributed by atoms with Crippen molar-refractivity contribution in [3.8, 4) is 0 Å². The lowest BCUT2D eigenvalue weighted by atomic mass is 9.86. The van der Waals surface area contributed by atoms with Gasteiger partial charge >= 0.3 is 6.18 Å². The Hall–Kier alpha value is -2.88. The number of hydrogen-bond donors (Lipinski definition) is 1. The van der Waals surface area contributed by atoms with Crippen LogP contribution in [0.15, 0.2) is 53.9 Å². The molecule has 4 rings (SSSR count). The van der Waals surface area contributed by atoms with E-state index in [0.29, 0.717) is 16.7 Å². The van der Waals surface area contributed by atoms with Crippen molar-refractivity contribution in [3.05, 3.63) is 86.2 Å². The molecule has 2 heterocycles. The average molecular weight is 530 g/mol. The summed E-state index contributed by atoms with van der Waals surface area (Å²) in [4.78, 5) is 25.4. The lowest BCUT2D eigenvalue weighted by molar-refractivity contribution is -0.275. The molecule has 0 aliphatic carbocycles. The minimum atomic E-state index is -4.80. The molecule has 0 saturated heterocycles. The molecular formula is C22H14Cl3F3N4O2. The Bertz CT molecular complexity index is 1280. The first-order valence-corrected chi connectivity index (χ1v) is 10.8. The molecule has 0 spiro atoms. The van der Waals surface area contributed by atoms with Gasteiger partial charge in [-0.15, -0.1) is 0 Å². The monoisotopic (exact) mass is 528 g/mol. The van der Waals surface area contributed by atoms with E-state index in [1.54, 1.807) is 13.0 Å². The van der Waals surface area contributed by atoms with Gasteiger partial charge in [0.05, 0.1) is 18.1 Å². The largest absolute Gasteiger partial charge is 0.435 e. The minimum absolute atomic E-state index is 0.0414. The molecule has 0 saturated carbocycles. The Morgan fingerprint density at radius 3 is 2.35 bits per heavy atom. The molecule has 176 valence electrons. The van der Waals surface area contributed by atoms with Crippen LogP contribution in [0.2, 0.25) is 15.2 Å². The zero-order chi connectivity index (χ0) is 24.7. The molecule has 6 nitrogen and oxygen atoms in total. The lowest BCUT2D eigenvalue weighted by Crippen LogP contribution is -2.42. The Morgan fingerprint density at radius 1 is 1.06 bits per heavy atom. The van der Waals surface area contributed by atoms with Crippen LogP contribution in [0.5, 0.6) is 0 Å². The number of benzene rings is 2. The zero-order valence-electron chi connectivity index (χ0n) is 17.3. The van der Waals surface area contributed by atoms with Gasteiger partial charge in [-0.3, -0.25) is 4.79 Å². The number of hydrogen-bond acceptors (Lipinski definition) is 5. The first kappa shape index (κ1) is 24.3. The standard InChI is InChI=1S/C22H14Cl3F3N4O2/c1-11-4-12(2-3-16(11)20(33)31-19-10-29-18(25)9-30-19)17-8-21(34-32-17,22(26,27)28)13-5-14(23)7-15(24)6-13/h2-7,9-10H,8H2,1H3,(H,30,31,33). The Labute approximate surface area is 206 Å². The van der Waals surface area contributed by atoms with Crippen molar-refractivity contribution < 1.29 is 22.8 Å². The predicted molar refractivity (Wildman–Crippen MR) is 123 cm³/mol. The maximum atomic E-state index is 14.2. The number of nitrogens with zero attached hydrogens (tertiary/aromatic N) is 3. The second-order valence-corrected chi connectivity index (χ2v) is 8.76. The van der Waals surface area contributed by atoms with Crippen LogP contribution in [0.4, 0.5) is 19.0 Å². The minimum Gasteiger partial charge on any atom is -0.374 e. The molecule has 1 N–H and O–H groups in total. The number of anilines is 1. The molecule has 3 aromatic rings. The normalized spacial score (nSPS) is 17.8. The van der Waals surface area contributed by atoms with E-state index in [-0.39, 0.29) is 32.3 Å². The van der Waals surface area contributed by atoms with E-state index in [2.05, 4.69) is 20.4 Å². The van der Waals surface area contributed by atoms with Crippen molar-refractivity contribution in [1.82, 2.24) is 9.97 Å². The van der Waals surface area contributed by atoms with Crippen LogP contribution in [0.3, 0.4) is 0 Å². The number of nitrogens with one attached hydrogen (secondary N) is 1. The number of aromatic nitrogens is 2. The third kappa shape index (κ3) is 4.68. The number of alkyl halides is 3. The molecule has 1 amide bonds. The maximum absolute atomic E-state index is 14.2. The van der Waals surface area contributed by atoms with Crippen LogP contribution in [0, 0.1) is 6.92 Å². The van der Waals surface area contributed by atoms with Gasteiger partial charge in [-0.1, -0.05) is 46.0 Å². The Balaban J connectivity index is 1.60. The van der Waals surface area contributed by atoms with E-state index in [0.717, 1.165) is 12.1 Å². The van der Waals surface area contributed by atoms with Gasteiger partial charge in [0, 0.05) is 27.6 Å². The fourth-order valence-electron chi connectivity index (χ4n) is 3.50. The quantitative estimate of drug-likeness (QED) is 0.414. The molecular weight excluding hydrogens is 516 g/mol. The number of carbonyl (C=O) groups is 1. The van der Waals surface area contributed by atoms with Gasteiger partial charge in [0.25, 0.3) is 11.5 Å². The number of carbonyl (C=O) groups excluding carboxylic acids is 1. The fraction of sp³-hybridized carbons (Fsp3) is 0.182. The van der Waals surface area contributed by atoms with Crippen molar-refractivity contribution in [2.24, 2.45) is 5.16 Å². The van der Waals surface area contributed by atoms with Crippen molar-refractivity contribution in [2.75, 3.05) is 5.32 Å². The average Bonchev–Trinajstić information content (AvgIpc) is 3.22. The van der Waals surface area contributed by atoms with Crippen LogP contribution in [0.1, 0.15) is 33.5 Å². The van der Waals surface area contributed by atoms with Gasteiger partial charge < -0.3 is 10.2 Å². The van der Waals surface area contributed by atoms with Gasteiger partial charge in [0.1, 0.15) is 5.15 Å². The Morgan fingerprint density at radius 2 is 1.76 bits per heavy atom. The van der Waals surface area contributed by atoms with E-state index in [1.165, 1.54) is 30.6 Å². The first-order chi connectivity index (χ1) is 16.0. The molecule has 1 unspecified atom stereocenters. The zero-order valence-corrected chi connectivity index (χ0v) is 19.5. The van der Waals surface area contributed by atoms with Gasteiger partial charge in [-0.2, -0.15) is 13.2 Å². The number of rotatable bonds is 4. The summed E-state index contributed by atoms with van der Waals surface area (Å²) in [6, 6.07) is 8.17. The summed E-state index contributed by atoms with van der Waals surface area (Å²) in [5.41, 5.74) is -1.76. The van der Waals surface area contributed by atoms with Crippen molar-refractivity contribution in [3.63, 3.8) is 0 Å². The second-order valence-electron chi connectivity index (χ2n) is 7.50. The number of aryl methyl sites for hydroxylation is 1. The molecule has 0 fully saturated rings. The van der Waals surface area contributed by atoms with Crippen LogP contribution in [-0.4, -0.2) is 27.8 Å². The summed E-state index contributed by atoms with van der Waals surface area (Å²) in [5.74, 6) is -0.273. The molecule has 1 aliphatic rings. The van der Waals surface area contributed by atoms with Crippen LogP contribution >= 0.6 is 34.8 Å².